The molecule has 2 heterocycles. The maximum absolute atomic E-state index is 6.20. The lowest BCUT2D eigenvalue weighted by atomic mass is 10.2. The number of imidazole rings is 1. The van der Waals surface area contributed by atoms with Crippen LogP contribution < -0.4 is 0 Å². The minimum absolute atomic E-state index is 0.614. The van der Waals surface area contributed by atoms with Crippen molar-refractivity contribution in [1.82, 2.24) is 9.38 Å². The van der Waals surface area contributed by atoms with Gasteiger partial charge in [0, 0.05) is 22.5 Å². The minimum atomic E-state index is 0.614. The molecule has 4 heteroatoms. The number of nitrogens with zero attached hydrogens (tertiary/aromatic N) is 2. The molecule has 0 saturated heterocycles. The number of fused-ring (bicyclic) bond motifs is 1. The summed E-state index contributed by atoms with van der Waals surface area (Å²) in [6.07, 6.45) is 1.99. The number of pyridine rings is 1. The van der Waals surface area contributed by atoms with Gasteiger partial charge in [-0.15, -0.1) is 0 Å². The summed E-state index contributed by atoms with van der Waals surface area (Å²) in [5.41, 5.74) is 3.79. The molecule has 0 aliphatic rings. The number of aromatic nitrogens is 2. The van der Waals surface area contributed by atoms with E-state index < -0.39 is 0 Å². The Kier molecular flexibility index (Phi) is 2.77. The van der Waals surface area contributed by atoms with E-state index in [2.05, 4.69) is 4.98 Å². The van der Waals surface area contributed by atoms with Crippen molar-refractivity contribution >= 4 is 28.8 Å². The molecule has 0 amide bonds. The lowest BCUT2D eigenvalue weighted by Gasteiger charge is -2.00. The number of aryl methyl sites for hydroxylation is 1. The first-order valence-corrected chi connectivity index (χ1v) is 6.31. The maximum Gasteiger partial charge on any atom is 0.137 e. The molecule has 18 heavy (non-hydrogen) atoms. The molecule has 0 N–H and O–H groups in total. The average molecular weight is 277 g/mol. The van der Waals surface area contributed by atoms with Gasteiger partial charge < -0.3 is 4.40 Å². The van der Waals surface area contributed by atoms with Crippen LogP contribution in [0.4, 0.5) is 0 Å². The lowest BCUT2D eigenvalue weighted by molar-refractivity contribution is 1.09. The quantitative estimate of drug-likeness (QED) is 0.634. The summed E-state index contributed by atoms with van der Waals surface area (Å²) in [6.45, 7) is 2.04. The van der Waals surface area contributed by atoms with Gasteiger partial charge in [-0.05, 0) is 37.3 Å². The monoisotopic (exact) mass is 276 g/mol. The van der Waals surface area contributed by atoms with E-state index in [1.807, 2.05) is 47.9 Å². The van der Waals surface area contributed by atoms with Crippen molar-refractivity contribution in [3.8, 4) is 11.3 Å². The third kappa shape index (κ3) is 1.88. The van der Waals surface area contributed by atoms with Crippen LogP contribution in [0.2, 0.25) is 10.0 Å². The maximum atomic E-state index is 6.20. The normalized spacial score (nSPS) is 11.1. The smallest absolute Gasteiger partial charge is 0.137 e. The van der Waals surface area contributed by atoms with E-state index in [0.717, 1.165) is 22.6 Å². The molecule has 0 bridgehead atoms. The van der Waals surface area contributed by atoms with Crippen molar-refractivity contribution in [2.45, 2.75) is 6.92 Å². The Morgan fingerprint density at radius 2 is 1.94 bits per heavy atom. The van der Waals surface area contributed by atoms with Gasteiger partial charge in [0.25, 0.3) is 0 Å². The Morgan fingerprint density at radius 3 is 2.67 bits per heavy atom. The lowest BCUT2D eigenvalue weighted by Crippen LogP contribution is -1.86. The zero-order chi connectivity index (χ0) is 12.7. The fraction of sp³-hybridized carbons (Fsp3) is 0.0714. The van der Waals surface area contributed by atoms with Gasteiger partial charge in [-0.25, -0.2) is 4.98 Å². The predicted octanol–water partition coefficient (Wildman–Crippen LogP) is 4.62. The highest BCUT2D eigenvalue weighted by atomic mass is 35.5. The summed E-state index contributed by atoms with van der Waals surface area (Å²) >= 11 is 12.1. The molecule has 90 valence electrons. The molecule has 3 rings (SSSR count). The molecule has 0 spiro atoms. The van der Waals surface area contributed by atoms with Crippen molar-refractivity contribution in [2.75, 3.05) is 0 Å². The van der Waals surface area contributed by atoms with Gasteiger partial charge in [0.2, 0.25) is 0 Å². The van der Waals surface area contributed by atoms with E-state index in [9.17, 15) is 0 Å². The highest BCUT2D eigenvalue weighted by Gasteiger charge is 2.09. The Bertz CT molecular complexity index is 732. The summed E-state index contributed by atoms with van der Waals surface area (Å²) in [6, 6.07) is 11.4. The fourth-order valence-corrected chi connectivity index (χ4v) is 2.48. The zero-order valence-corrected chi connectivity index (χ0v) is 11.2. The zero-order valence-electron chi connectivity index (χ0n) is 9.69. The molecular formula is C14H10Cl2N2. The molecular weight excluding hydrogens is 267 g/mol. The van der Waals surface area contributed by atoms with Crippen LogP contribution in [-0.2, 0) is 0 Å². The van der Waals surface area contributed by atoms with Crippen LogP contribution in [0.15, 0.2) is 42.6 Å². The summed E-state index contributed by atoms with van der Waals surface area (Å²) in [4.78, 5) is 4.57. The van der Waals surface area contributed by atoms with Crippen molar-refractivity contribution in [3.63, 3.8) is 0 Å². The molecule has 0 atom stereocenters. The predicted molar refractivity (Wildman–Crippen MR) is 75.4 cm³/mol. The van der Waals surface area contributed by atoms with E-state index in [-0.39, 0.29) is 0 Å². The Labute approximate surface area is 115 Å². The first kappa shape index (κ1) is 11.6. The number of hydrogen-bond donors (Lipinski definition) is 0. The molecule has 0 fully saturated rings. The summed E-state index contributed by atoms with van der Waals surface area (Å²) < 4.78 is 2.04. The van der Waals surface area contributed by atoms with Crippen LogP contribution in [0.1, 0.15) is 5.69 Å². The number of hydrogen-bond acceptors (Lipinski definition) is 1. The van der Waals surface area contributed by atoms with Gasteiger partial charge in [-0.2, -0.15) is 0 Å². The van der Waals surface area contributed by atoms with Crippen LogP contribution in [0.5, 0.6) is 0 Å². The minimum Gasteiger partial charge on any atom is -0.304 e. The second-order valence-electron chi connectivity index (χ2n) is 4.15. The highest BCUT2D eigenvalue weighted by molar-refractivity contribution is 6.36. The van der Waals surface area contributed by atoms with Crippen LogP contribution in [-0.4, -0.2) is 9.38 Å². The van der Waals surface area contributed by atoms with E-state index in [1.165, 1.54) is 0 Å². The van der Waals surface area contributed by atoms with Crippen LogP contribution >= 0.6 is 23.2 Å². The SMILES string of the molecule is Cc1cccc2nc(-c3ccc(Cl)cc3Cl)cn12. The summed E-state index contributed by atoms with van der Waals surface area (Å²) in [7, 11) is 0. The third-order valence-electron chi connectivity index (χ3n) is 2.90. The van der Waals surface area contributed by atoms with Crippen molar-refractivity contribution in [2.24, 2.45) is 0 Å². The highest BCUT2D eigenvalue weighted by Crippen LogP contribution is 2.30. The van der Waals surface area contributed by atoms with Gasteiger partial charge in [-0.1, -0.05) is 29.3 Å². The van der Waals surface area contributed by atoms with Crippen LogP contribution in [0, 0.1) is 6.92 Å². The van der Waals surface area contributed by atoms with Gasteiger partial charge in [0.05, 0.1) is 10.7 Å². The van der Waals surface area contributed by atoms with E-state index in [1.54, 1.807) is 6.07 Å². The standard InChI is InChI=1S/C14H10Cl2N2/c1-9-3-2-4-14-17-13(8-18(9)14)11-6-5-10(15)7-12(11)16/h2-8H,1H3. The Balaban J connectivity index is 2.23. The molecule has 0 unspecified atom stereocenters. The summed E-state index contributed by atoms with van der Waals surface area (Å²) in [5.74, 6) is 0. The van der Waals surface area contributed by atoms with Gasteiger partial charge >= 0.3 is 0 Å². The molecule has 1 aromatic carbocycles. The van der Waals surface area contributed by atoms with Crippen molar-refractivity contribution in [3.05, 3.63) is 58.3 Å². The number of benzene rings is 1. The van der Waals surface area contributed by atoms with Gasteiger partial charge in [0.1, 0.15) is 5.65 Å². The van der Waals surface area contributed by atoms with Gasteiger partial charge in [0.15, 0.2) is 0 Å². The molecule has 0 radical (unpaired) electrons. The summed E-state index contributed by atoms with van der Waals surface area (Å²) in [5, 5.41) is 1.24. The Morgan fingerprint density at radius 1 is 1.11 bits per heavy atom. The van der Waals surface area contributed by atoms with Crippen molar-refractivity contribution < 1.29 is 0 Å². The van der Waals surface area contributed by atoms with E-state index >= 15 is 0 Å². The molecule has 0 saturated carbocycles. The molecule has 3 aromatic rings. The van der Waals surface area contributed by atoms with Crippen LogP contribution in [0.3, 0.4) is 0 Å². The molecule has 0 aliphatic carbocycles. The fourth-order valence-electron chi connectivity index (χ4n) is 1.98. The molecule has 2 aromatic heterocycles. The largest absolute Gasteiger partial charge is 0.304 e. The van der Waals surface area contributed by atoms with Crippen LogP contribution in [0.25, 0.3) is 16.9 Å². The number of halogens is 2. The number of rotatable bonds is 1. The molecule has 2 nitrogen and oxygen atoms in total. The van der Waals surface area contributed by atoms with E-state index in [0.29, 0.717) is 10.0 Å². The second-order valence-corrected chi connectivity index (χ2v) is 4.99. The second kappa shape index (κ2) is 4.30. The van der Waals surface area contributed by atoms with E-state index in [4.69, 9.17) is 23.2 Å². The van der Waals surface area contributed by atoms with Gasteiger partial charge in [-0.3, -0.25) is 0 Å². The topological polar surface area (TPSA) is 17.3 Å². The average Bonchev–Trinajstić information content (AvgIpc) is 2.74. The Hall–Kier alpha value is -1.51. The van der Waals surface area contributed by atoms with Crippen molar-refractivity contribution in [1.29, 1.82) is 0 Å². The third-order valence-corrected chi connectivity index (χ3v) is 3.45. The first-order valence-electron chi connectivity index (χ1n) is 5.55. The molecule has 0 aliphatic heterocycles. The first-order chi connectivity index (χ1) is 8.65.